The van der Waals surface area contributed by atoms with E-state index in [1.54, 1.807) is 6.20 Å². The maximum absolute atomic E-state index is 7.95. The Morgan fingerprint density at radius 2 is 2.39 bits per heavy atom. The molecular weight excluding hydrogens is 224 g/mol. The summed E-state index contributed by atoms with van der Waals surface area (Å²) in [6.45, 7) is 6.28. The second-order valence-electron chi connectivity index (χ2n) is 5.32. The lowest BCUT2D eigenvalue weighted by molar-refractivity contribution is 0.305. The van der Waals surface area contributed by atoms with E-state index < -0.39 is 0 Å². The van der Waals surface area contributed by atoms with Crippen molar-refractivity contribution >= 4 is 5.96 Å². The van der Waals surface area contributed by atoms with E-state index in [9.17, 15) is 0 Å². The van der Waals surface area contributed by atoms with Gasteiger partial charge in [0.25, 0.3) is 0 Å². The fraction of sp³-hybridized carbons (Fsp3) is 0.571. The van der Waals surface area contributed by atoms with Gasteiger partial charge in [0.2, 0.25) is 0 Å². The van der Waals surface area contributed by atoms with Gasteiger partial charge in [-0.15, -0.1) is 0 Å². The van der Waals surface area contributed by atoms with Gasteiger partial charge in [0.1, 0.15) is 0 Å². The van der Waals surface area contributed by atoms with Crippen molar-refractivity contribution in [1.82, 2.24) is 15.2 Å². The molecule has 1 aromatic heterocycles. The Hall–Kier alpha value is -1.58. The van der Waals surface area contributed by atoms with Crippen molar-refractivity contribution in [2.24, 2.45) is 5.92 Å². The first-order valence-electron chi connectivity index (χ1n) is 6.65. The first-order valence-corrected chi connectivity index (χ1v) is 6.65. The van der Waals surface area contributed by atoms with Gasteiger partial charge in [0.15, 0.2) is 5.96 Å². The minimum Gasteiger partial charge on any atom is -0.354 e. The van der Waals surface area contributed by atoms with E-state index >= 15 is 0 Å². The number of nitrogens with zero attached hydrogens (tertiary/aromatic N) is 2. The van der Waals surface area contributed by atoms with Crippen LogP contribution in [0.15, 0.2) is 24.5 Å². The van der Waals surface area contributed by atoms with Crippen molar-refractivity contribution in [3.05, 3.63) is 30.1 Å². The summed E-state index contributed by atoms with van der Waals surface area (Å²) in [7, 11) is 0. The highest BCUT2D eigenvalue weighted by Crippen LogP contribution is 2.16. The van der Waals surface area contributed by atoms with Crippen LogP contribution >= 0.6 is 0 Å². The molecule has 4 heteroatoms. The van der Waals surface area contributed by atoms with E-state index in [1.165, 1.54) is 5.56 Å². The molecule has 2 rings (SSSR count). The van der Waals surface area contributed by atoms with Crippen LogP contribution in [0.2, 0.25) is 0 Å². The maximum Gasteiger partial charge on any atom is 0.191 e. The first-order chi connectivity index (χ1) is 8.66. The van der Waals surface area contributed by atoms with Crippen molar-refractivity contribution in [3.8, 4) is 0 Å². The van der Waals surface area contributed by atoms with Crippen molar-refractivity contribution in [3.63, 3.8) is 0 Å². The Balaban J connectivity index is 1.91. The van der Waals surface area contributed by atoms with Crippen LogP contribution in [0.4, 0.5) is 0 Å². The zero-order chi connectivity index (χ0) is 13.0. The van der Waals surface area contributed by atoms with Gasteiger partial charge < -0.3 is 10.2 Å². The van der Waals surface area contributed by atoms with Crippen LogP contribution in [0.1, 0.15) is 25.8 Å². The highest BCUT2D eigenvalue weighted by molar-refractivity contribution is 5.79. The quantitative estimate of drug-likeness (QED) is 0.834. The molecule has 0 unspecified atom stereocenters. The SMILES string of the molecule is CC(C)C[C@H]1CNC(=N)N1CCc1cccnc1. The minimum atomic E-state index is 0.467. The molecule has 1 aliphatic rings. The molecule has 0 bridgehead atoms. The number of nitrogens with one attached hydrogen (secondary N) is 2. The molecule has 0 spiro atoms. The standard InChI is InChI=1S/C14H22N4/c1-11(2)8-13-10-17-14(15)18(13)7-5-12-4-3-6-16-9-12/h3-4,6,9,11,13H,5,7-8,10H2,1-2H3,(H2,15,17)/t13-/m0/s1. The van der Waals surface area contributed by atoms with E-state index in [2.05, 4.69) is 35.1 Å². The number of hydrogen-bond donors (Lipinski definition) is 2. The summed E-state index contributed by atoms with van der Waals surface area (Å²) in [5, 5.41) is 11.1. The second kappa shape index (κ2) is 5.85. The Bertz CT molecular complexity index is 388. The Morgan fingerprint density at radius 3 is 3.06 bits per heavy atom. The molecule has 1 atom stereocenters. The average Bonchev–Trinajstić information content (AvgIpc) is 2.68. The monoisotopic (exact) mass is 246 g/mol. The number of hydrogen-bond acceptors (Lipinski definition) is 2. The maximum atomic E-state index is 7.95. The van der Waals surface area contributed by atoms with Crippen molar-refractivity contribution in [2.75, 3.05) is 13.1 Å². The van der Waals surface area contributed by atoms with Gasteiger partial charge in [-0.3, -0.25) is 10.4 Å². The highest BCUT2D eigenvalue weighted by atomic mass is 15.4. The molecule has 1 aliphatic heterocycles. The molecule has 1 fully saturated rings. The Morgan fingerprint density at radius 1 is 1.56 bits per heavy atom. The van der Waals surface area contributed by atoms with Crippen LogP contribution in [-0.4, -0.2) is 35.0 Å². The van der Waals surface area contributed by atoms with E-state index in [1.807, 2.05) is 12.3 Å². The topological polar surface area (TPSA) is 52.0 Å². The fourth-order valence-electron chi connectivity index (χ4n) is 2.45. The summed E-state index contributed by atoms with van der Waals surface area (Å²) in [4.78, 5) is 6.32. The second-order valence-corrected chi connectivity index (χ2v) is 5.32. The van der Waals surface area contributed by atoms with E-state index in [0.717, 1.165) is 25.9 Å². The van der Waals surface area contributed by atoms with Crippen LogP contribution in [-0.2, 0) is 6.42 Å². The smallest absolute Gasteiger partial charge is 0.191 e. The summed E-state index contributed by atoms with van der Waals surface area (Å²) < 4.78 is 0. The molecule has 0 radical (unpaired) electrons. The van der Waals surface area contributed by atoms with Crippen LogP contribution in [0.3, 0.4) is 0 Å². The lowest BCUT2D eigenvalue weighted by atomic mass is 10.0. The van der Waals surface area contributed by atoms with Gasteiger partial charge in [0, 0.05) is 31.5 Å². The molecule has 4 nitrogen and oxygen atoms in total. The van der Waals surface area contributed by atoms with Crippen LogP contribution in [0.25, 0.3) is 0 Å². The molecule has 0 aromatic carbocycles. The average molecular weight is 246 g/mol. The zero-order valence-electron chi connectivity index (χ0n) is 11.2. The molecule has 0 aliphatic carbocycles. The molecule has 1 aromatic rings. The van der Waals surface area contributed by atoms with Gasteiger partial charge >= 0.3 is 0 Å². The van der Waals surface area contributed by atoms with Crippen LogP contribution in [0.5, 0.6) is 0 Å². The molecule has 0 amide bonds. The predicted molar refractivity (Wildman–Crippen MR) is 73.6 cm³/mol. The van der Waals surface area contributed by atoms with Gasteiger partial charge in [-0.2, -0.15) is 0 Å². The third kappa shape index (κ3) is 3.22. The predicted octanol–water partition coefficient (Wildman–Crippen LogP) is 1.88. The van der Waals surface area contributed by atoms with E-state index in [0.29, 0.717) is 17.9 Å². The van der Waals surface area contributed by atoms with Crippen LogP contribution < -0.4 is 5.32 Å². The van der Waals surface area contributed by atoms with Gasteiger partial charge in [0.05, 0.1) is 0 Å². The third-order valence-corrected chi connectivity index (χ3v) is 3.34. The normalized spacial score (nSPS) is 19.4. The molecule has 2 heterocycles. The first kappa shape index (κ1) is 12.9. The lowest BCUT2D eigenvalue weighted by Crippen LogP contribution is -2.37. The zero-order valence-corrected chi connectivity index (χ0v) is 11.2. The number of aromatic nitrogens is 1. The molecule has 1 saturated heterocycles. The molecule has 0 saturated carbocycles. The summed E-state index contributed by atoms with van der Waals surface area (Å²) >= 11 is 0. The molecule has 18 heavy (non-hydrogen) atoms. The summed E-state index contributed by atoms with van der Waals surface area (Å²) in [5.74, 6) is 1.24. The Kier molecular flexibility index (Phi) is 4.18. The largest absolute Gasteiger partial charge is 0.354 e. The van der Waals surface area contributed by atoms with Crippen molar-refractivity contribution < 1.29 is 0 Å². The summed E-state index contributed by atoms with van der Waals surface area (Å²) in [6, 6.07) is 4.53. The molecule has 2 N–H and O–H groups in total. The number of pyridine rings is 1. The van der Waals surface area contributed by atoms with Gasteiger partial charge in [-0.05, 0) is 30.4 Å². The molecular formula is C14H22N4. The summed E-state index contributed by atoms with van der Waals surface area (Å²) in [6.07, 6.45) is 5.80. The summed E-state index contributed by atoms with van der Waals surface area (Å²) in [5.41, 5.74) is 1.24. The third-order valence-electron chi connectivity index (χ3n) is 3.34. The minimum absolute atomic E-state index is 0.467. The van der Waals surface area contributed by atoms with Crippen LogP contribution in [0, 0.1) is 11.3 Å². The number of rotatable bonds is 5. The highest BCUT2D eigenvalue weighted by Gasteiger charge is 2.27. The van der Waals surface area contributed by atoms with Crippen molar-refractivity contribution in [1.29, 1.82) is 5.41 Å². The van der Waals surface area contributed by atoms with Crippen molar-refractivity contribution in [2.45, 2.75) is 32.7 Å². The van der Waals surface area contributed by atoms with Gasteiger partial charge in [-0.1, -0.05) is 19.9 Å². The Labute approximate surface area is 109 Å². The lowest BCUT2D eigenvalue weighted by Gasteiger charge is -2.25. The van der Waals surface area contributed by atoms with E-state index in [-0.39, 0.29) is 0 Å². The fourth-order valence-corrected chi connectivity index (χ4v) is 2.45. The van der Waals surface area contributed by atoms with E-state index in [4.69, 9.17) is 5.41 Å². The van der Waals surface area contributed by atoms with Gasteiger partial charge in [-0.25, -0.2) is 0 Å². The number of guanidine groups is 1. The molecule has 98 valence electrons.